The van der Waals surface area contributed by atoms with Gasteiger partial charge in [0.25, 0.3) is 0 Å². The molecule has 27 heteroatoms. The van der Waals surface area contributed by atoms with Crippen molar-refractivity contribution < 1.29 is 66.8 Å². The van der Waals surface area contributed by atoms with Crippen molar-refractivity contribution in [3.05, 3.63) is 212 Å². The highest BCUT2D eigenvalue weighted by Gasteiger charge is 2.42. The maximum absolute atomic E-state index is 13.2. The molecule has 0 bridgehead atoms. The summed E-state index contributed by atoms with van der Waals surface area (Å²) in [6.07, 6.45) is 7.64. The molecular formula is C95H113N13O14. The lowest BCUT2D eigenvalue weighted by Crippen LogP contribution is -2.54. The minimum absolute atomic E-state index is 0.0469. The van der Waals surface area contributed by atoms with Crippen molar-refractivity contribution in [3.8, 4) is 50.5 Å². The van der Waals surface area contributed by atoms with Crippen LogP contribution in [0.15, 0.2) is 200 Å². The van der Waals surface area contributed by atoms with Crippen molar-refractivity contribution in [3.63, 3.8) is 0 Å². The standard InChI is InChI=1S/C28H31N3O4.C24H29N3O4.C23H27N3O3.C20H26N4O3/c1-18(2)25(30-28(34)35-3)27(33)31-15-7-10-24(31)26(32)29-23-14-13-21-16-20(11-12-22(21)17-23)19-8-5-4-6-9-19;1-16(2)21(26-24(30)31-3)23(29)27-15-7-10-20(27)22(28)25-19-13-11-18(12-14-19)17-8-5-4-6-9-17;1-23(2,3)29-22(27)26-11-5-6-20(26)21-24-14-19(25-21)17-8-7-16-13-18(28-4)10-9-15(16)12-17;1-13(2)17(23-20(26)27-3)19(25)24-11-7-10-16(24)18-21-12-15(22-18)14-8-5-4-6-9-14/h4-6,8-9,11-14,16-18,24-25H,7,10,15H2,1-3H3,(H,29,32)(H,30,34);4-6,8-9,11-14,16,20-21H,7,10,15H2,1-3H3,(H,25,28)(H,26,30);7-10,12-14,20H,5-6,11H2,1-4H3,(H,24,25);4-6,8-9,12-13,16-17H,7,10-11H2,1-3H3,(H,21,22)(H,23,26)/t24-,25-;20-,21-;20-;16-,17-/m0000/s1. The van der Waals surface area contributed by atoms with Crippen LogP contribution in [0, 0.1) is 17.8 Å². The Morgan fingerprint density at radius 2 is 0.754 bits per heavy atom. The third kappa shape index (κ3) is 23.1. The molecule has 0 aliphatic carbocycles. The van der Waals surface area contributed by atoms with Crippen LogP contribution < -0.4 is 31.3 Å². The van der Waals surface area contributed by atoms with Gasteiger partial charge in [-0.25, -0.2) is 29.1 Å². The van der Waals surface area contributed by atoms with Crippen molar-refractivity contribution in [2.45, 2.75) is 162 Å². The molecule has 122 heavy (non-hydrogen) atoms. The minimum atomic E-state index is -0.754. The first-order valence-electron chi connectivity index (χ1n) is 41.7. The van der Waals surface area contributed by atoms with Crippen LogP contribution in [-0.2, 0) is 42.9 Å². The Labute approximate surface area is 712 Å². The molecule has 0 radical (unpaired) electrons. The SMILES string of the molecule is COC(=O)N[C@H](C(=O)N1CCC[C@H]1C(=O)Nc1ccc(-c2ccccc2)cc1)C(C)C.COC(=O)N[C@H](C(=O)N1CCC[C@H]1C(=O)Nc1ccc2cc(-c3ccccc3)ccc2c1)C(C)C.COC(=O)N[C@H](C(=O)N1CCC[C@H]1c1ncc(-c2ccccc2)[nH]1)C(C)C.COc1ccc2cc(-c3cnc([C@@H]4CCCN4C(=O)OC(C)(C)C)[nH]3)ccc2c1. The predicted molar refractivity (Wildman–Crippen MR) is 471 cm³/mol. The number of ether oxygens (including phenoxy) is 5. The summed E-state index contributed by atoms with van der Waals surface area (Å²) in [5.74, 6) is 1.01. The molecule has 10 aromatic rings. The molecule has 0 spiro atoms. The van der Waals surface area contributed by atoms with Crippen molar-refractivity contribution in [1.82, 2.24) is 55.5 Å². The van der Waals surface area contributed by atoms with Gasteiger partial charge >= 0.3 is 24.4 Å². The van der Waals surface area contributed by atoms with Crippen molar-refractivity contribution in [1.29, 1.82) is 0 Å². The maximum atomic E-state index is 13.2. The van der Waals surface area contributed by atoms with Gasteiger partial charge in [-0.3, -0.25) is 28.9 Å². The van der Waals surface area contributed by atoms with E-state index in [1.807, 2.05) is 213 Å². The fraction of sp³-hybridized carbons (Fsp3) is 0.379. The minimum Gasteiger partial charge on any atom is -0.497 e. The molecule has 27 nitrogen and oxygen atoms in total. The highest BCUT2D eigenvalue weighted by atomic mass is 16.6. The summed E-state index contributed by atoms with van der Waals surface area (Å²) in [5, 5.41) is 18.1. The number of alkyl carbamates (subject to hydrolysis) is 3. The number of fused-ring (bicyclic) bond motifs is 2. The van der Waals surface area contributed by atoms with Gasteiger partial charge in [0, 0.05) is 43.1 Å². The lowest BCUT2D eigenvalue weighted by Gasteiger charge is -2.30. The number of aromatic amines is 2. The molecular weight excluding hydrogens is 1550 g/mol. The number of likely N-dealkylation sites (tertiary alicyclic amines) is 4. The van der Waals surface area contributed by atoms with Crippen LogP contribution in [-0.4, -0.2) is 184 Å². The molecule has 4 aliphatic heterocycles. The largest absolute Gasteiger partial charge is 0.497 e. The van der Waals surface area contributed by atoms with E-state index in [2.05, 4.69) is 109 Å². The van der Waals surface area contributed by atoms with Crippen molar-refractivity contribution >= 4 is 86.8 Å². The molecule has 4 fully saturated rings. The normalized spacial score (nSPS) is 16.9. The molecule has 4 aliphatic rings. The molecule has 4 saturated heterocycles. The van der Waals surface area contributed by atoms with Gasteiger partial charge in [0.2, 0.25) is 29.5 Å². The quantitative estimate of drug-likeness (QED) is 0.0349. The Morgan fingerprint density at radius 3 is 1.23 bits per heavy atom. The Kier molecular flexibility index (Phi) is 30.7. The van der Waals surface area contributed by atoms with Crippen LogP contribution in [0.3, 0.4) is 0 Å². The topological polar surface area (TPSA) is 330 Å². The van der Waals surface area contributed by atoms with Gasteiger partial charge in [-0.15, -0.1) is 0 Å². The van der Waals surface area contributed by atoms with Gasteiger partial charge in [0.05, 0.1) is 64.3 Å². The third-order valence-electron chi connectivity index (χ3n) is 22.0. The number of anilines is 2. The molecule has 7 N–H and O–H groups in total. The number of methoxy groups -OCH3 is 4. The first-order chi connectivity index (χ1) is 58.6. The Morgan fingerprint density at radius 1 is 0.393 bits per heavy atom. The highest BCUT2D eigenvalue weighted by Crippen LogP contribution is 2.37. The van der Waals surface area contributed by atoms with Crippen LogP contribution >= 0.6 is 0 Å². The van der Waals surface area contributed by atoms with Crippen molar-refractivity contribution in [2.75, 3.05) is 65.3 Å². The van der Waals surface area contributed by atoms with E-state index in [1.54, 1.807) is 28.0 Å². The second kappa shape index (κ2) is 41.7. The molecule has 2 aromatic heterocycles. The van der Waals surface area contributed by atoms with E-state index in [1.165, 1.54) is 21.3 Å². The fourth-order valence-electron chi connectivity index (χ4n) is 15.5. The Balaban J connectivity index is 0.000000159. The molecule has 7 atom stereocenters. The smallest absolute Gasteiger partial charge is 0.410 e. The lowest BCUT2D eigenvalue weighted by molar-refractivity contribution is -0.139. The number of benzene rings is 8. The number of nitrogens with zero attached hydrogens (tertiary/aromatic N) is 6. The zero-order chi connectivity index (χ0) is 87.3. The zero-order valence-corrected chi connectivity index (χ0v) is 71.7. The predicted octanol–water partition coefficient (Wildman–Crippen LogP) is 16.9. The van der Waals surface area contributed by atoms with E-state index in [0.29, 0.717) is 50.4 Å². The van der Waals surface area contributed by atoms with Crippen LogP contribution in [0.1, 0.15) is 137 Å². The van der Waals surface area contributed by atoms with Gasteiger partial charge < -0.3 is 74.9 Å². The number of aromatic nitrogens is 4. The highest BCUT2D eigenvalue weighted by molar-refractivity contribution is 6.01. The second-order valence-corrected chi connectivity index (χ2v) is 32.7. The Bertz CT molecular complexity index is 5250. The monoisotopic (exact) mass is 1660 g/mol. The number of carbonyl (C=O) groups excluding carboxylic acids is 9. The molecule has 9 amide bonds. The molecule has 8 aromatic carbocycles. The number of hydrogen-bond donors (Lipinski definition) is 7. The van der Waals surface area contributed by atoms with E-state index in [4.69, 9.17) is 9.47 Å². The molecule has 642 valence electrons. The van der Waals surface area contributed by atoms with E-state index < -0.39 is 54.1 Å². The van der Waals surface area contributed by atoms with Crippen molar-refractivity contribution in [2.24, 2.45) is 17.8 Å². The van der Waals surface area contributed by atoms with E-state index in [-0.39, 0.29) is 65.5 Å². The average Bonchev–Trinajstić information content (AvgIpc) is 1.43. The van der Waals surface area contributed by atoms with Gasteiger partial charge in [0.1, 0.15) is 53.2 Å². The summed E-state index contributed by atoms with van der Waals surface area (Å²) in [7, 11) is 5.48. The van der Waals surface area contributed by atoms with E-state index in [9.17, 15) is 43.2 Å². The summed E-state index contributed by atoms with van der Waals surface area (Å²) in [5.41, 5.74) is 9.28. The number of carbonyl (C=O) groups is 9. The number of nitrogens with one attached hydrogen (secondary N) is 7. The van der Waals surface area contributed by atoms with Crippen LogP contribution in [0.2, 0.25) is 0 Å². The zero-order valence-electron chi connectivity index (χ0n) is 71.7. The molecule has 0 unspecified atom stereocenters. The van der Waals surface area contributed by atoms with Gasteiger partial charge in [-0.1, -0.05) is 181 Å². The summed E-state index contributed by atoms with van der Waals surface area (Å²) >= 11 is 0. The van der Waals surface area contributed by atoms with E-state index >= 15 is 0 Å². The number of hydrogen-bond acceptors (Lipinski definition) is 16. The molecule has 14 rings (SSSR count). The number of amides is 9. The second-order valence-electron chi connectivity index (χ2n) is 32.7. The van der Waals surface area contributed by atoms with Crippen LogP contribution in [0.25, 0.3) is 66.3 Å². The first kappa shape index (κ1) is 89.7. The number of H-pyrrole nitrogens is 2. The summed E-state index contributed by atoms with van der Waals surface area (Å²) in [4.78, 5) is 136. The average molecular weight is 1660 g/mol. The fourth-order valence-corrected chi connectivity index (χ4v) is 15.5. The van der Waals surface area contributed by atoms with E-state index in [0.717, 1.165) is 122 Å². The van der Waals surface area contributed by atoms with Gasteiger partial charge in [-0.2, -0.15) is 0 Å². The summed E-state index contributed by atoms with van der Waals surface area (Å²) < 4.78 is 24.8. The third-order valence-corrected chi connectivity index (χ3v) is 22.0. The molecule has 0 saturated carbocycles. The summed E-state index contributed by atoms with van der Waals surface area (Å²) in [6.45, 7) is 19.2. The van der Waals surface area contributed by atoms with Crippen LogP contribution in [0.5, 0.6) is 5.75 Å². The molecule has 6 heterocycles. The van der Waals surface area contributed by atoms with Gasteiger partial charge in [-0.05, 0) is 188 Å². The first-order valence-corrected chi connectivity index (χ1v) is 41.7. The lowest BCUT2D eigenvalue weighted by atomic mass is 10.0. The maximum Gasteiger partial charge on any atom is 0.410 e. The number of imidazole rings is 2. The van der Waals surface area contributed by atoms with Gasteiger partial charge in [0.15, 0.2) is 0 Å². The number of rotatable bonds is 20. The van der Waals surface area contributed by atoms with Crippen LogP contribution in [0.4, 0.5) is 30.6 Å². The Hall–Kier alpha value is -13.1. The summed E-state index contributed by atoms with van der Waals surface area (Å²) in [6, 6.07) is 58.7.